The zero-order chi connectivity index (χ0) is 20.5. The number of fused-ring (bicyclic) bond motifs is 1. The molecule has 158 valence electrons. The van der Waals surface area contributed by atoms with Crippen LogP contribution in [0.4, 0.5) is 0 Å². The lowest BCUT2D eigenvalue weighted by Gasteiger charge is -2.43. The average molecular weight is 424 g/mol. The lowest BCUT2D eigenvalue weighted by Crippen LogP contribution is -2.55. The van der Waals surface area contributed by atoms with E-state index in [2.05, 4.69) is 45.0 Å². The number of halogens is 1. The van der Waals surface area contributed by atoms with Gasteiger partial charge < -0.3 is 4.90 Å². The number of hydrogen-bond donors (Lipinski definition) is 0. The second-order valence-corrected chi connectivity index (χ2v) is 9.39. The van der Waals surface area contributed by atoms with Gasteiger partial charge in [-0.3, -0.25) is 14.6 Å². The summed E-state index contributed by atoms with van der Waals surface area (Å²) in [4.78, 5) is 19.8. The first-order valence-electron chi connectivity index (χ1n) is 11.3. The van der Waals surface area contributed by atoms with Crippen LogP contribution in [0.3, 0.4) is 0 Å². The Morgan fingerprint density at radius 3 is 2.33 bits per heavy atom. The van der Waals surface area contributed by atoms with Crippen LogP contribution in [0.15, 0.2) is 42.5 Å². The van der Waals surface area contributed by atoms with Crippen LogP contribution >= 0.6 is 11.6 Å². The molecule has 4 nitrogen and oxygen atoms in total. The monoisotopic (exact) mass is 423 g/mol. The highest BCUT2D eigenvalue weighted by molar-refractivity contribution is 6.30. The van der Waals surface area contributed by atoms with Gasteiger partial charge in [0.05, 0.1) is 6.54 Å². The van der Waals surface area contributed by atoms with Gasteiger partial charge in [0.25, 0.3) is 0 Å². The maximum Gasteiger partial charge on any atom is 0.236 e. The summed E-state index contributed by atoms with van der Waals surface area (Å²) in [6.07, 6.45) is 5.07. The number of nitrogens with zero attached hydrogens (tertiary/aromatic N) is 3. The van der Waals surface area contributed by atoms with Gasteiger partial charge in [0.1, 0.15) is 0 Å². The number of hydrogen-bond acceptors (Lipinski definition) is 3. The van der Waals surface area contributed by atoms with Crippen molar-refractivity contribution in [2.24, 2.45) is 0 Å². The molecule has 1 saturated heterocycles. The van der Waals surface area contributed by atoms with Crippen LogP contribution in [0.25, 0.3) is 11.1 Å². The maximum atomic E-state index is 12.9. The molecule has 0 atom stereocenters. The lowest BCUT2D eigenvalue weighted by atomic mass is 9.91. The molecule has 0 bridgehead atoms. The zero-order valence-corrected chi connectivity index (χ0v) is 18.3. The van der Waals surface area contributed by atoms with Crippen LogP contribution in [-0.2, 0) is 17.8 Å². The van der Waals surface area contributed by atoms with E-state index in [1.807, 2.05) is 12.1 Å². The summed E-state index contributed by atoms with van der Waals surface area (Å²) < 4.78 is 0. The quantitative estimate of drug-likeness (QED) is 0.741. The van der Waals surface area contributed by atoms with E-state index in [0.717, 1.165) is 56.8 Å². The summed E-state index contributed by atoms with van der Waals surface area (Å²) in [5.74, 6) is 0.296. The van der Waals surface area contributed by atoms with Crippen molar-refractivity contribution in [2.45, 2.75) is 38.3 Å². The average Bonchev–Trinajstić information content (AvgIpc) is 2.73. The molecule has 5 heteroatoms. The van der Waals surface area contributed by atoms with Gasteiger partial charge in [-0.2, -0.15) is 0 Å². The molecule has 5 rings (SSSR count). The molecular weight excluding hydrogens is 394 g/mol. The number of carbonyl (C=O) groups is 1. The molecule has 1 amide bonds. The second-order valence-electron chi connectivity index (χ2n) is 8.95. The zero-order valence-electron chi connectivity index (χ0n) is 17.5. The Morgan fingerprint density at radius 2 is 1.63 bits per heavy atom. The number of rotatable bonds is 4. The third kappa shape index (κ3) is 4.27. The topological polar surface area (TPSA) is 26.8 Å². The molecule has 0 N–H and O–H groups in total. The largest absolute Gasteiger partial charge is 0.339 e. The highest BCUT2D eigenvalue weighted by atomic mass is 35.5. The number of amides is 1. The van der Waals surface area contributed by atoms with Crippen LogP contribution in [0, 0.1) is 0 Å². The normalized spacial score (nSPS) is 20.6. The highest BCUT2D eigenvalue weighted by Crippen LogP contribution is 2.28. The van der Waals surface area contributed by atoms with Crippen LogP contribution in [-0.4, -0.2) is 65.9 Å². The summed E-state index contributed by atoms with van der Waals surface area (Å²) in [6.45, 7) is 6.24. The highest BCUT2D eigenvalue weighted by Gasteiger charge is 2.30. The van der Waals surface area contributed by atoms with Crippen molar-refractivity contribution in [3.63, 3.8) is 0 Å². The van der Waals surface area contributed by atoms with Crippen molar-refractivity contribution in [3.05, 3.63) is 58.6 Å². The fourth-order valence-electron chi connectivity index (χ4n) is 4.95. The van der Waals surface area contributed by atoms with Gasteiger partial charge in [-0.1, -0.05) is 48.4 Å². The minimum Gasteiger partial charge on any atom is -0.339 e. The van der Waals surface area contributed by atoms with Gasteiger partial charge in [-0.05, 0) is 53.6 Å². The lowest BCUT2D eigenvalue weighted by molar-refractivity contribution is -0.135. The summed E-state index contributed by atoms with van der Waals surface area (Å²) >= 11 is 6.02. The van der Waals surface area contributed by atoms with Crippen molar-refractivity contribution in [1.29, 1.82) is 0 Å². The van der Waals surface area contributed by atoms with E-state index in [1.165, 1.54) is 41.5 Å². The fraction of sp³-hybridized carbons (Fsp3) is 0.480. The Balaban J connectivity index is 1.17. The molecule has 2 fully saturated rings. The summed E-state index contributed by atoms with van der Waals surface area (Å²) in [5, 5.41) is 0.765. The molecule has 0 aromatic heterocycles. The second kappa shape index (κ2) is 8.70. The van der Waals surface area contributed by atoms with Gasteiger partial charge in [0.2, 0.25) is 5.91 Å². The molecule has 2 aromatic carbocycles. The molecule has 0 radical (unpaired) electrons. The van der Waals surface area contributed by atoms with E-state index in [0.29, 0.717) is 12.5 Å². The van der Waals surface area contributed by atoms with Gasteiger partial charge in [-0.25, -0.2) is 0 Å². The van der Waals surface area contributed by atoms with Crippen LogP contribution in [0.5, 0.6) is 0 Å². The van der Waals surface area contributed by atoms with Crippen molar-refractivity contribution in [2.75, 3.05) is 39.3 Å². The van der Waals surface area contributed by atoms with Gasteiger partial charge >= 0.3 is 0 Å². The van der Waals surface area contributed by atoms with Gasteiger partial charge in [0.15, 0.2) is 0 Å². The van der Waals surface area contributed by atoms with E-state index < -0.39 is 0 Å². The maximum absolute atomic E-state index is 12.9. The molecule has 2 heterocycles. The Morgan fingerprint density at radius 1 is 0.900 bits per heavy atom. The van der Waals surface area contributed by atoms with Crippen molar-refractivity contribution in [3.8, 4) is 11.1 Å². The third-order valence-electron chi connectivity index (χ3n) is 7.09. The minimum absolute atomic E-state index is 0.296. The van der Waals surface area contributed by atoms with Crippen LogP contribution < -0.4 is 0 Å². The van der Waals surface area contributed by atoms with E-state index in [9.17, 15) is 4.79 Å². The Labute approximate surface area is 184 Å². The first kappa shape index (κ1) is 20.0. The first-order chi connectivity index (χ1) is 14.7. The van der Waals surface area contributed by atoms with E-state index >= 15 is 0 Å². The van der Waals surface area contributed by atoms with Crippen molar-refractivity contribution in [1.82, 2.24) is 14.7 Å². The van der Waals surface area contributed by atoms with Crippen LogP contribution in [0.1, 0.15) is 30.4 Å². The summed E-state index contributed by atoms with van der Waals surface area (Å²) in [7, 11) is 0. The molecule has 3 aliphatic rings. The number of carbonyl (C=O) groups excluding carboxylic acids is 1. The molecule has 0 spiro atoms. The molecular formula is C25H30ClN3O. The number of piperazine rings is 1. The minimum atomic E-state index is 0.296. The van der Waals surface area contributed by atoms with E-state index in [4.69, 9.17) is 11.6 Å². The van der Waals surface area contributed by atoms with E-state index in [-0.39, 0.29) is 0 Å². The van der Waals surface area contributed by atoms with Crippen LogP contribution in [0.2, 0.25) is 5.02 Å². The standard InChI is InChI=1S/C25H30ClN3O/c26-23-8-6-19(7-9-23)20-4-5-22-17-27(11-10-21(22)16-20)18-25(30)29-14-12-28(13-15-29)24-2-1-3-24/h4-9,16,24H,1-3,10-15,17-18H2. The van der Waals surface area contributed by atoms with Gasteiger partial charge in [-0.15, -0.1) is 0 Å². The smallest absolute Gasteiger partial charge is 0.236 e. The predicted molar refractivity (Wildman–Crippen MR) is 122 cm³/mol. The van der Waals surface area contributed by atoms with E-state index in [1.54, 1.807) is 0 Å². The Kier molecular flexibility index (Phi) is 5.81. The Hall–Kier alpha value is -1.88. The summed E-state index contributed by atoms with van der Waals surface area (Å²) in [6, 6.07) is 15.5. The SMILES string of the molecule is O=C(CN1CCc2cc(-c3ccc(Cl)cc3)ccc2C1)N1CCN(C2CCC2)CC1. The first-order valence-corrected chi connectivity index (χ1v) is 11.7. The third-order valence-corrected chi connectivity index (χ3v) is 7.34. The molecule has 2 aromatic rings. The number of benzene rings is 2. The van der Waals surface area contributed by atoms with Crippen molar-refractivity contribution >= 4 is 17.5 Å². The summed E-state index contributed by atoms with van der Waals surface area (Å²) in [5.41, 5.74) is 5.18. The Bertz CT molecular complexity index is 901. The molecule has 1 saturated carbocycles. The van der Waals surface area contributed by atoms with Gasteiger partial charge in [0, 0.05) is 50.3 Å². The predicted octanol–water partition coefficient (Wildman–Crippen LogP) is 4.06. The van der Waals surface area contributed by atoms with Crippen molar-refractivity contribution < 1.29 is 4.79 Å². The fourth-order valence-corrected chi connectivity index (χ4v) is 5.07. The molecule has 30 heavy (non-hydrogen) atoms. The molecule has 2 aliphatic heterocycles. The molecule has 0 unspecified atom stereocenters. The molecule has 1 aliphatic carbocycles.